The Labute approximate surface area is 186 Å². The van der Waals surface area contributed by atoms with Gasteiger partial charge in [-0.3, -0.25) is 0 Å². The van der Waals surface area contributed by atoms with Crippen molar-refractivity contribution in [2.45, 2.75) is 17.7 Å². The van der Waals surface area contributed by atoms with Gasteiger partial charge in [-0.25, -0.2) is 5.87 Å². The number of benzene rings is 2. The monoisotopic (exact) mass is 417 g/mol. The van der Waals surface area contributed by atoms with Crippen LogP contribution in [0.1, 0.15) is 23.1 Å². The molecule has 2 aromatic carbocycles. The van der Waals surface area contributed by atoms with Crippen molar-refractivity contribution in [3.63, 3.8) is 0 Å². The van der Waals surface area contributed by atoms with Crippen LogP contribution in [-0.2, 0) is 5.72 Å². The van der Waals surface area contributed by atoms with Gasteiger partial charge in [0.05, 0.1) is 28.8 Å². The standard InChI is InChI=1S/C26H19N5O/c27-16-20(17-28)24-22(18-29)23(19-10-4-1-5-11-19)25(31-14-8-3-9-15-31)26(32,30-24)21-12-6-2-7-13-21/h1-15,23,25,30,32H/t23-,25-,26-/m1/s1. The molecule has 0 saturated heterocycles. The van der Waals surface area contributed by atoms with Gasteiger partial charge in [0.1, 0.15) is 6.07 Å². The summed E-state index contributed by atoms with van der Waals surface area (Å²) in [7, 11) is 0. The Morgan fingerprint density at radius 1 is 0.938 bits per heavy atom. The maximum absolute atomic E-state index is 12.2. The van der Waals surface area contributed by atoms with Crippen LogP contribution in [0.3, 0.4) is 0 Å². The molecule has 1 aromatic heterocycles. The van der Waals surface area contributed by atoms with Crippen LogP contribution in [-0.4, -0.2) is 11.0 Å². The van der Waals surface area contributed by atoms with Gasteiger partial charge in [0.15, 0.2) is 12.4 Å². The van der Waals surface area contributed by atoms with Crippen LogP contribution in [0.5, 0.6) is 0 Å². The molecule has 0 amide bonds. The van der Waals surface area contributed by atoms with Crippen molar-refractivity contribution < 1.29 is 9.67 Å². The van der Waals surface area contributed by atoms with Gasteiger partial charge in [-0.15, -0.1) is 0 Å². The van der Waals surface area contributed by atoms with Crippen LogP contribution >= 0.6 is 0 Å². The number of rotatable bonds is 4. The Kier molecular flexibility index (Phi) is 5.66. The molecule has 0 fully saturated rings. The average molecular weight is 417 g/mol. The number of hydrogen-bond donors (Lipinski definition) is 2. The minimum Gasteiger partial charge on any atom is -0.762 e. The van der Waals surface area contributed by atoms with Crippen LogP contribution in [0, 0.1) is 22.7 Å². The van der Waals surface area contributed by atoms with Gasteiger partial charge in [0.2, 0.25) is 11.8 Å². The highest BCUT2D eigenvalue weighted by atomic mass is 16.3. The second-order valence-electron chi connectivity index (χ2n) is 7.41. The summed E-state index contributed by atoms with van der Waals surface area (Å²) >= 11 is 0. The van der Waals surface area contributed by atoms with E-state index >= 15 is 0 Å². The fourth-order valence-corrected chi connectivity index (χ4v) is 4.28. The molecule has 2 heterocycles. The topological polar surface area (TPSA) is 106 Å². The highest BCUT2D eigenvalue weighted by Crippen LogP contribution is 2.47. The highest BCUT2D eigenvalue weighted by molar-refractivity contribution is 5.74. The molecule has 32 heavy (non-hydrogen) atoms. The van der Waals surface area contributed by atoms with Gasteiger partial charge in [-0.1, -0.05) is 66.7 Å². The molecule has 6 nitrogen and oxygen atoms in total. The van der Waals surface area contributed by atoms with Crippen molar-refractivity contribution >= 4 is 5.87 Å². The minimum absolute atomic E-state index is 0.0467. The molecule has 2 N–H and O–H groups in total. The van der Waals surface area contributed by atoms with Crippen molar-refractivity contribution in [2.75, 3.05) is 0 Å². The van der Waals surface area contributed by atoms with Gasteiger partial charge in [0.25, 0.3) is 0 Å². The number of hydrogen-bond acceptors (Lipinski definition) is 4. The molecule has 0 unspecified atom stereocenters. The predicted octanol–water partition coefficient (Wildman–Crippen LogP) is 3.21. The van der Waals surface area contributed by atoms with Crippen molar-refractivity contribution in [2.24, 2.45) is 0 Å². The molecule has 1 aliphatic heterocycles. The van der Waals surface area contributed by atoms with Crippen molar-refractivity contribution in [1.82, 2.24) is 5.32 Å². The first-order chi connectivity index (χ1) is 15.6. The van der Waals surface area contributed by atoms with Crippen LogP contribution in [0.25, 0.3) is 5.41 Å². The van der Waals surface area contributed by atoms with Crippen LogP contribution in [0.15, 0.2) is 108 Å². The number of pyridine rings is 1. The summed E-state index contributed by atoms with van der Waals surface area (Å²) in [4.78, 5) is 0. The first kappa shape index (κ1) is 20.8. The Morgan fingerprint density at radius 3 is 2.09 bits per heavy atom. The third-order valence-electron chi connectivity index (χ3n) is 5.67. The zero-order chi connectivity index (χ0) is 22.6. The zero-order valence-corrected chi connectivity index (χ0v) is 17.1. The van der Waals surface area contributed by atoms with E-state index in [0.717, 1.165) is 5.56 Å². The van der Waals surface area contributed by atoms with E-state index < -0.39 is 17.7 Å². The number of nitrogens with zero attached hydrogens (tertiary/aromatic N) is 4. The van der Waals surface area contributed by atoms with E-state index in [4.69, 9.17) is 0 Å². The lowest BCUT2D eigenvalue weighted by molar-refractivity contribution is -0.743. The van der Waals surface area contributed by atoms with E-state index in [2.05, 4.69) is 11.4 Å². The molecule has 4 rings (SSSR count). The largest absolute Gasteiger partial charge is 0.762 e. The fraction of sp³-hybridized carbons (Fsp3) is 0.115. The van der Waals surface area contributed by atoms with E-state index in [9.17, 15) is 21.0 Å². The van der Waals surface area contributed by atoms with Crippen LogP contribution in [0.4, 0.5) is 0 Å². The first-order valence-electron chi connectivity index (χ1n) is 10.0. The molecule has 0 bridgehead atoms. The molecule has 0 aliphatic carbocycles. The Bertz CT molecular complexity index is 1280. The quantitative estimate of drug-likeness (QED) is 0.386. The smallest absolute Gasteiger partial charge is 0.227 e. The maximum atomic E-state index is 12.2. The van der Waals surface area contributed by atoms with Crippen LogP contribution < -0.4 is 9.88 Å². The number of allylic oxidation sites excluding steroid dienone is 2. The van der Waals surface area contributed by atoms with E-state index in [1.807, 2.05) is 95.6 Å². The minimum atomic E-state index is -1.72. The summed E-state index contributed by atoms with van der Waals surface area (Å²) < 4.78 is 1.85. The number of nitriles is 2. The molecule has 0 saturated carbocycles. The summed E-state index contributed by atoms with van der Waals surface area (Å²) in [5, 5.41) is 44.6. The lowest BCUT2D eigenvalue weighted by Crippen LogP contribution is -2.62. The van der Waals surface area contributed by atoms with Crippen molar-refractivity contribution in [1.29, 1.82) is 10.5 Å². The summed E-state index contributed by atoms with van der Waals surface area (Å²) in [6, 6.07) is 27.3. The first-order valence-corrected chi connectivity index (χ1v) is 10.0. The number of aliphatic hydroxyl groups is 1. The van der Waals surface area contributed by atoms with Gasteiger partial charge in [0, 0.05) is 17.7 Å². The second-order valence-corrected chi connectivity index (χ2v) is 7.41. The highest BCUT2D eigenvalue weighted by Gasteiger charge is 2.56. The molecule has 154 valence electrons. The Morgan fingerprint density at radius 2 is 1.53 bits per heavy atom. The molecule has 0 radical (unpaired) electrons. The normalized spacial score (nSPS) is 22.1. The zero-order valence-electron chi connectivity index (χ0n) is 17.1. The third-order valence-corrected chi connectivity index (χ3v) is 5.67. The van der Waals surface area contributed by atoms with Gasteiger partial charge >= 0.3 is 0 Å². The van der Waals surface area contributed by atoms with E-state index in [1.165, 1.54) is 0 Å². The molecular weight excluding hydrogens is 398 g/mol. The SMILES string of the molecule is N#CC(=C=[N-])C1=C(C#N)[C@@H](c2ccccc2)[C@@H]([n+]2ccccc2)[C@](O)(c2ccccc2)N1. The Hall–Kier alpha value is -4.48. The van der Waals surface area contributed by atoms with Gasteiger partial charge in [-0.2, -0.15) is 15.1 Å². The molecule has 1 aliphatic rings. The number of aromatic nitrogens is 1. The second kappa shape index (κ2) is 8.71. The lowest BCUT2D eigenvalue weighted by Gasteiger charge is -2.43. The average Bonchev–Trinajstić information content (AvgIpc) is 2.86. The molecular formula is C26H19N5O. The summed E-state index contributed by atoms with van der Waals surface area (Å²) in [6.07, 6.45) is 3.66. The lowest BCUT2D eigenvalue weighted by atomic mass is 9.73. The summed E-state index contributed by atoms with van der Waals surface area (Å²) in [5.74, 6) is 1.24. The predicted molar refractivity (Wildman–Crippen MR) is 118 cm³/mol. The summed E-state index contributed by atoms with van der Waals surface area (Å²) in [6.45, 7) is 0. The van der Waals surface area contributed by atoms with Crippen LogP contribution in [0.2, 0.25) is 0 Å². The van der Waals surface area contributed by atoms with Crippen molar-refractivity contribution in [3.05, 3.63) is 125 Å². The maximum Gasteiger partial charge on any atom is 0.227 e. The fourth-order valence-electron chi connectivity index (χ4n) is 4.28. The van der Waals surface area contributed by atoms with E-state index in [0.29, 0.717) is 5.56 Å². The third kappa shape index (κ3) is 3.47. The summed E-state index contributed by atoms with van der Waals surface area (Å²) in [5.41, 5.74) is -0.376. The van der Waals surface area contributed by atoms with Gasteiger partial charge < -0.3 is 15.8 Å². The van der Waals surface area contributed by atoms with Gasteiger partial charge in [-0.05, 0) is 5.56 Å². The number of nitrogens with one attached hydrogen (secondary N) is 1. The Balaban J connectivity index is 2.10. The molecule has 3 aromatic rings. The molecule has 0 spiro atoms. The molecule has 3 atom stereocenters. The van der Waals surface area contributed by atoms with Crippen molar-refractivity contribution in [3.8, 4) is 12.1 Å². The molecule has 6 heteroatoms. The van der Waals surface area contributed by atoms with E-state index in [1.54, 1.807) is 12.1 Å². The van der Waals surface area contributed by atoms with E-state index in [-0.39, 0.29) is 16.8 Å².